The highest BCUT2D eigenvalue weighted by molar-refractivity contribution is 6.30. The van der Waals surface area contributed by atoms with Crippen molar-refractivity contribution in [3.63, 3.8) is 0 Å². The first-order chi connectivity index (χ1) is 13.1. The minimum absolute atomic E-state index is 0.156. The summed E-state index contributed by atoms with van der Waals surface area (Å²) in [5.74, 6) is 0.236. The van der Waals surface area contributed by atoms with Gasteiger partial charge in [0.05, 0.1) is 5.69 Å². The Balaban J connectivity index is 1.71. The molecule has 6 heteroatoms. The number of hydrogen-bond donors (Lipinski definition) is 1. The second kappa shape index (κ2) is 8.96. The number of nitrogens with zero attached hydrogens (tertiary/aromatic N) is 2. The number of ether oxygens (including phenoxy) is 1. The zero-order valence-electron chi connectivity index (χ0n) is 14.7. The SMILES string of the molecule is Cc1cc(Cl)ccc1OCC(=O)N/N=C(\c1ccccc1)c1ccccn1. The van der Waals surface area contributed by atoms with Gasteiger partial charge in [0.25, 0.3) is 5.91 Å². The number of halogens is 1. The molecule has 5 nitrogen and oxygen atoms in total. The predicted octanol–water partition coefficient (Wildman–Crippen LogP) is 3.99. The van der Waals surface area contributed by atoms with E-state index in [0.717, 1.165) is 11.1 Å². The first-order valence-electron chi connectivity index (χ1n) is 8.36. The Labute approximate surface area is 162 Å². The Kier molecular flexibility index (Phi) is 6.18. The van der Waals surface area contributed by atoms with E-state index in [0.29, 0.717) is 22.2 Å². The molecule has 0 aliphatic rings. The van der Waals surface area contributed by atoms with Crippen molar-refractivity contribution in [1.29, 1.82) is 0 Å². The molecular formula is C21H18ClN3O2. The molecule has 0 radical (unpaired) electrons. The van der Waals surface area contributed by atoms with Gasteiger partial charge in [-0.25, -0.2) is 5.43 Å². The van der Waals surface area contributed by atoms with Crippen LogP contribution in [-0.4, -0.2) is 23.2 Å². The number of benzene rings is 2. The Hall–Kier alpha value is -3.18. The third-order valence-corrected chi connectivity index (χ3v) is 3.98. The lowest BCUT2D eigenvalue weighted by molar-refractivity contribution is -0.123. The highest BCUT2D eigenvalue weighted by Crippen LogP contribution is 2.21. The Morgan fingerprint density at radius 1 is 1.11 bits per heavy atom. The molecule has 1 aromatic heterocycles. The number of hydrazone groups is 1. The summed E-state index contributed by atoms with van der Waals surface area (Å²) in [5.41, 5.74) is 5.49. The molecule has 1 amide bonds. The van der Waals surface area contributed by atoms with E-state index in [1.54, 1.807) is 24.4 Å². The summed E-state index contributed by atoms with van der Waals surface area (Å²) in [5, 5.41) is 4.89. The van der Waals surface area contributed by atoms with Crippen LogP contribution in [0.5, 0.6) is 5.75 Å². The summed E-state index contributed by atoms with van der Waals surface area (Å²) >= 11 is 5.92. The lowest BCUT2D eigenvalue weighted by Gasteiger charge is -2.09. The highest BCUT2D eigenvalue weighted by atomic mass is 35.5. The molecule has 0 atom stereocenters. The molecule has 136 valence electrons. The second-order valence-electron chi connectivity index (χ2n) is 5.77. The van der Waals surface area contributed by atoms with Crippen LogP contribution in [0.4, 0.5) is 0 Å². The number of aromatic nitrogens is 1. The third kappa shape index (κ3) is 5.15. The minimum atomic E-state index is -0.367. The van der Waals surface area contributed by atoms with Crippen molar-refractivity contribution >= 4 is 23.2 Å². The van der Waals surface area contributed by atoms with Crippen molar-refractivity contribution < 1.29 is 9.53 Å². The largest absolute Gasteiger partial charge is 0.483 e. The summed E-state index contributed by atoms with van der Waals surface area (Å²) in [4.78, 5) is 16.5. The molecule has 2 aromatic carbocycles. The van der Waals surface area contributed by atoms with Crippen LogP contribution in [0.1, 0.15) is 16.8 Å². The number of carbonyl (C=O) groups is 1. The Bertz CT molecular complexity index is 903. The summed E-state index contributed by atoms with van der Waals surface area (Å²) in [6.45, 7) is 1.71. The van der Waals surface area contributed by atoms with E-state index in [2.05, 4.69) is 15.5 Å². The topological polar surface area (TPSA) is 63.6 Å². The van der Waals surface area contributed by atoms with Crippen LogP contribution in [0.15, 0.2) is 78.0 Å². The van der Waals surface area contributed by atoms with E-state index in [-0.39, 0.29) is 12.5 Å². The summed E-state index contributed by atoms with van der Waals surface area (Å²) in [6, 6.07) is 20.3. The molecule has 0 unspecified atom stereocenters. The van der Waals surface area contributed by atoms with Gasteiger partial charge < -0.3 is 4.74 Å². The van der Waals surface area contributed by atoms with Crippen molar-refractivity contribution in [3.8, 4) is 5.75 Å². The summed E-state index contributed by atoms with van der Waals surface area (Å²) < 4.78 is 5.54. The standard InChI is InChI=1S/C21H18ClN3O2/c1-15-13-17(22)10-11-19(15)27-14-20(26)24-25-21(16-7-3-2-4-8-16)18-9-5-6-12-23-18/h2-13H,14H2,1H3,(H,24,26)/b25-21+. The first kappa shape index (κ1) is 18.6. The molecule has 0 bridgehead atoms. The van der Waals surface area contributed by atoms with Crippen LogP contribution < -0.4 is 10.2 Å². The number of carbonyl (C=O) groups excluding carboxylic acids is 1. The molecule has 0 aliphatic carbocycles. The first-order valence-corrected chi connectivity index (χ1v) is 8.73. The summed E-state index contributed by atoms with van der Waals surface area (Å²) in [6.07, 6.45) is 1.68. The van der Waals surface area contributed by atoms with E-state index in [9.17, 15) is 4.79 Å². The van der Waals surface area contributed by atoms with Gasteiger partial charge in [-0.15, -0.1) is 0 Å². The van der Waals surface area contributed by atoms with Crippen LogP contribution in [0.3, 0.4) is 0 Å². The number of nitrogens with one attached hydrogen (secondary N) is 1. The molecule has 1 heterocycles. The second-order valence-corrected chi connectivity index (χ2v) is 6.21. The number of hydrogen-bond acceptors (Lipinski definition) is 4. The van der Waals surface area contributed by atoms with E-state index in [1.165, 1.54) is 0 Å². The van der Waals surface area contributed by atoms with Crippen LogP contribution >= 0.6 is 11.6 Å². The third-order valence-electron chi connectivity index (χ3n) is 3.74. The number of pyridine rings is 1. The molecule has 0 saturated heterocycles. The van der Waals surface area contributed by atoms with Gasteiger partial charge in [-0.05, 0) is 42.8 Å². The maximum Gasteiger partial charge on any atom is 0.277 e. The molecule has 0 saturated carbocycles. The lowest BCUT2D eigenvalue weighted by Crippen LogP contribution is -2.26. The highest BCUT2D eigenvalue weighted by Gasteiger charge is 2.10. The molecule has 0 fully saturated rings. The molecule has 27 heavy (non-hydrogen) atoms. The lowest BCUT2D eigenvalue weighted by atomic mass is 10.1. The van der Waals surface area contributed by atoms with Crippen molar-refractivity contribution in [3.05, 3.63) is 94.8 Å². The molecular weight excluding hydrogens is 362 g/mol. The smallest absolute Gasteiger partial charge is 0.277 e. The molecule has 0 aliphatic heterocycles. The van der Waals surface area contributed by atoms with Crippen molar-refractivity contribution in [1.82, 2.24) is 10.4 Å². The molecule has 0 spiro atoms. The van der Waals surface area contributed by atoms with Crippen LogP contribution in [-0.2, 0) is 4.79 Å². The van der Waals surface area contributed by atoms with E-state index in [4.69, 9.17) is 16.3 Å². The maximum atomic E-state index is 12.2. The van der Waals surface area contributed by atoms with E-state index < -0.39 is 0 Å². The van der Waals surface area contributed by atoms with Crippen LogP contribution in [0.2, 0.25) is 5.02 Å². The normalized spacial score (nSPS) is 11.1. The minimum Gasteiger partial charge on any atom is -0.483 e. The van der Waals surface area contributed by atoms with Crippen molar-refractivity contribution in [2.45, 2.75) is 6.92 Å². The molecule has 3 aromatic rings. The quantitative estimate of drug-likeness (QED) is 0.520. The maximum absolute atomic E-state index is 12.2. The Morgan fingerprint density at radius 3 is 2.59 bits per heavy atom. The van der Waals surface area contributed by atoms with Crippen LogP contribution in [0.25, 0.3) is 0 Å². The van der Waals surface area contributed by atoms with Gasteiger partial charge in [0.2, 0.25) is 0 Å². The van der Waals surface area contributed by atoms with E-state index in [1.807, 2.05) is 55.5 Å². The Morgan fingerprint density at radius 2 is 1.89 bits per heavy atom. The van der Waals surface area contributed by atoms with E-state index >= 15 is 0 Å². The van der Waals surface area contributed by atoms with Gasteiger partial charge in [-0.2, -0.15) is 5.10 Å². The van der Waals surface area contributed by atoms with Gasteiger partial charge in [0.1, 0.15) is 11.5 Å². The number of amides is 1. The fraction of sp³-hybridized carbons (Fsp3) is 0.0952. The fourth-order valence-electron chi connectivity index (χ4n) is 2.44. The van der Waals surface area contributed by atoms with Gasteiger partial charge in [0, 0.05) is 16.8 Å². The number of aryl methyl sites for hydroxylation is 1. The zero-order valence-corrected chi connectivity index (χ0v) is 15.5. The van der Waals surface area contributed by atoms with Crippen molar-refractivity contribution in [2.24, 2.45) is 5.10 Å². The monoisotopic (exact) mass is 379 g/mol. The van der Waals surface area contributed by atoms with Gasteiger partial charge in [0.15, 0.2) is 6.61 Å². The zero-order chi connectivity index (χ0) is 19.1. The fourth-order valence-corrected chi connectivity index (χ4v) is 2.66. The molecule has 1 N–H and O–H groups in total. The van der Waals surface area contributed by atoms with Gasteiger partial charge in [-0.3, -0.25) is 9.78 Å². The van der Waals surface area contributed by atoms with Gasteiger partial charge in [-0.1, -0.05) is 48.0 Å². The molecule has 3 rings (SSSR count). The van der Waals surface area contributed by atoms with Gasteiger partial charge >= 0.3 is 0 Å². The number of rotatable bonds is 6. The van der Waals surface area contributed by atoms with Crippen molar-refractivity contribution in [2.75, 3.05) is 6.61 Å². The predicted molar refractivity (Wildman–Crippen MR) is 106 cm³/mol. The summed E-state index contributed by atoms with van der Waals surface area (Å²) in [7, 11) is 0. The van der Waals surface area contributed by atoms with Crippen LogP contribution in [0, 0.1) is 6.92 Å². The average Bonchev–Trinajstić information content (AvgIpc) is 2.69. The average molecular weight is 380 g/mol.